The standard InChI is InChI=1S/C24H27ClN4O7/c25-20-5-2-1-4-18(20)23(31)19-14-16(29(34)35)7-8-17(19)21(27-22(30)15-26-24(32)33)6-3-9-28-10-12-36-13-11-28/h1-2,4-5,7-8,14,21,26H,3,6,9-13,15H2,(H,27,30)(H,32,33). The van der Waals surface area contributed by atoms with E-state index in [2.05, 4.69) is 10.2 Å². The Kier molecular flexibility index (Phi) is 9.74. The average Bonchev–Trinajstić information content (AvgIpc) is 2.87. The Bertz CT molecular complexity index is 1120. The monoisotopic (exact) mass is 518 g/mol. The molecule has 0 aromatic heterocycles. The number of ketones is 1. The topological polar surface area (TPSA) is 151 Å². The van der Waals surface area contributed by atoms with Crippen LogP contribution in [0, 0.1) is 10.1 Å². The molecule has 192 valence electrons. The fourth-order valence-corrected chi connectivity index (χ4v) is 4.22. The van der Waals surface area contributed by atoms with Crippen LogP contribution in [0.1, 0.15) is 40.4 Å². The molecule has 12 heteroatoms. The van der Waals surface area contributed by atoms with Gasteiger partial charge in [-0.05, 0) is 43.1 Å². The van der Waals surface area contributed by atoms with Crippen LogP contribution in [0.2, 0.25) is 5.02 Å². The predicted molar refractivity (Wildman–Crippen MR) is 131 cm³/mol. The number of benzene rings is 2. The summed E-state index contributed by atoms with van der Waals surface area (Å²) in [5, 5.41) is 25.3. The first-order valence-electron chi connectivity index (χ1n) is 11.4. The zero-order valence-electron chi connectivity index (χ0n) is 19.4. The smallest absolute Gasteiger partial charge is 0.405 e. The van der Waals surface area contributed by atoms with E-state index in [0.717, 1.165) is 19.6 Å². The van der Waals surface area contributed by atoms with Crippen molar-refractivity contribution in [2.75, 3.05) is 39.4 Å². The third-order valence-electron chi connectivity index (χ3n) is 5.79. The minimum atomic E-state index is -1.35. The molecule has 0 radical (unpaired) electrons. The molecule has 36 heavy (non-hydrogen) atoms. The first-order chi connectivity index (χ1) is 17.3. The minimum Gasteiger partial charge on any atom is -0.465 e. The van der Waals surface area contributed by atoms with Crippen LogP contribution in [0.15, 0.2) is 42.5 Å². The first-order valence-corrected chi connectivity index (χ1v) is 11.8. The number of ether oxygens (including phenoxy) is 1. The maximum Gasteiger partial charge on any atom is 0.405 e. The molecule has 11 nitrogen and oxygen atoms in total. The van der Waals surface area contributed by atoms with Crippen LogP contribution in [0.5, 0.6) is 0 Å². The molecule has 1 heterocycles. The SMILES string of the molecule is O=C(O)NCC(=O)NC(CCCN1CCOCC1)c1ccc([N+](=O)[O-])cc1C(=O)c1ccccc1Cl. The van der Waals surface area contributed by atoms with E-state index in [4.69, 9.17) is 21.4 Å². The molecule has 0 saturated carbocycles. The number of amides is 2. The van der Waals surface area contributed by atoms with E-state index in [1.807, 2.05) is 5.32 Å². The summed E-state index contributed by atoms with van der Waals surface area (Å²) >= 11 is 6.22. The van der Waals surface area contributed by atoms with Crippen molar-refractivity contribution in [1.29, 1.82) is 0 Å². The first kappa shape index (κ1) is 27.1. The summed E-state index contributed by atoms with van der Waals surface area (Å²) < 4.78 is 5.36. The minimum absolute atomic E-state index is 0.0418. The van der Waals surface area contributed by atoms with Crippen molar-refractivity contribution < 1.29 is 29.2 Å². The fraction of sp³-hybridized carbons (Fsp3) is 0.375. The highest BCUT2D eigenvalue weighted by Crippen LogP contribution is 2.30. The molecule has 2 amide bonds. The van der Waals surface area contributed by atoms with Gasteiger partial charge in [0, 0.05) is 36.3 Å². The van der Waals surface area contributed by atoms with Gasteiger partial charge in [-0.3, -0.25) is 24.6 Å². The van der Waals surface area contributed by atoms with Crippen molar-refractivity contribution >= 4 is 35.1 Å². The van der Waals surface area contributed by atoms with E-state index in [1.165, 1.54) is 24.3 Å². The molecular weight excluding hydrogens is 492 g/mol. The van der Waals surface area contributed by atoms with Crippen LogP contribution in [0.25, 0.3) is 0 Å². The Hall–Kier alpha value is -3.54. The predicted octanol–water partition coefficient (Wildman–Crippen LogP) is 3.02. The number of nitrogens with zero attached hydrogens (tertiary/aromatic N) is 2. The van der Waals surface area contributed by atoms with Crippen molar-refractivity contribution in [2.24, 2.45) is 0 Å². The van der Waals surface area contributed by atoms with Crippen molar-refractivity contribution in [2.45, 2.75) is 18.9 Å². The summed E-state index contributed by atoms with van der Waals surface area (Å²) in [4.78, 5) is 49.8. The van der Waals surface area contributed by atoms with Gasteiger partial charge in [-0.2, -0.15) is 0 Å². The number of non-ortho nitro benzene ring substituents is 1. The van der Waals surface area contributed by atoms with Crippen LogP contribution in [0.4, 0.5) is 10.5 Å². The molecule has 1 saturated heterocycles. The van der Waals surface area contributed by atoms with Gasteiger partial charge in [-0.1, -0.05) is 23.7 Å². The van der Waals surface area contributed by atoms with Crippen LogP contribution >= 0.6 is 11.6 Å². The van der Waals surface area contributed by atoms with Gasteiger partial charge in [-0.25, -0.2) is 4.79 Å². The molecular formula is C24H27ClN4O7. The molecule has 0 bridgehead atoms. The normalized spacial score (nSPS) is 14.6. The third kappa shape index (κ3) is 7.48. The van der Waals surface area contributed by atoms with Crippen LogP contribution in [0.3, 0.4) is 0 Å². The van der Waals surface area contributed by atoms with Gasteiger partial charge in [0.1, 0.15) is 6.54 Å². The van der Waals surface area contributed by atoms with E-state index in [0.29, 0.717) is 31.6 Å². The number of hydrogen-bond donors (Lipinski definition) is 3. The second kappa shape index (κ2) is 13.0. The molecule has 0 aliphatic carbocycles. The van der Waals surface area contributed by atoms with E-state index in [9.17, 15) is 24.5 Å². The van der Waals surface area contributed by atoms with E-state index < -0.39 is 35.3 Å². The molecule has 1 aliphatic rings. The molecule has 1 unspecified atom stereocenters. The van der Waals surface area contributed by atoms with Gasteiger partial charge in [0.15, 0.2) is 5.78 Å². The maximum atomic E-state index is 13.5. The number of rotatable bonds is 11. The average molecular weight is 519 g/mol. The van der Waals surface area contributed by atoms with Crippen molar-refractivity contribution in [3.8, 4) is 0 Å². The molecule has 1 fully saturated rings. The largest absolute Gasteiger partial charge is 0.465 e. The second-order valence-electron chi connectivity index (χ2n) is 8.21. The lowest BCUT2D eigenvalue weighted by molar-refractivity contribution is -0.384. The van der Waals surface area contributed by atoms with Crippen LogP contribution in [-0.2, 0) is 9.53 Å². The lowest BCUT2D eigenvalue weighted by Gasteiger charge is -2.28. The van der Waals surface area contributed by atoms with Gasteiger partial charge in [0.05, 0.1) is 29.2 Å². The van der Waals surface area contributed by atoms with E-state index in [1.54, 1.807) is 18.2 Å². The van der Waals surface area contributed by atoms with Crippen molar-refractivity contribution in [1.82, 2.24) is 15.5 Å². The molecule has 3 rings (SSSR count). The molecule has 1 aliphatic heterocycles. The highest BCUT2D eigenvalue weighted by atomic mass is 35.5. The Morgan fingerprint density at radius 3 is 2.53 bits per heavy atom. The number of morpholine rings is 1. The molecule has 3 N–H and O–H groups in total. The lowest BCUT2D eigenvalue weighted by Crippen LogP contribution is -2.39. The summed E-state index contributed by atoms with van der Waals surface area (Å²) in [6.45, 7) is 3.10. The Balaban J connectivity index is 1.93. The summed E-state index contributed by atoms with van der Waals surface area (Å²) in [6.07, 6.45) is -0.288. The van der Waals surface area contributed by atoms with Gasteiger partial charge in [0.2, 0.25) is 5.91 Å². The van der Waals surface area contributed by atoms with Gasteiger partial charge in [-0.15, -0.1) is 0 Å². The second-order valence-corrected chi connectivity index (χ2v) is 8.62. The van der Waals surface area contributed by atoms with Crippen molar-refractivity contribution in [3.63, 3.8) is 0 Å². The van der Waals surface area contributed by atoms with Crippen LogP contribution in [-0.4, -0.2) is 72.1 Å². The number of hydrogen-bond acceptors (Lipinski definition) is 7. The summed E-state index contributed by atoms with van der Waals surface area (Å²) in [7, 11) is 0. The number of nitro groups is 1. The summed E-state index contributed by atoms with van der Waals surface area (Å²) in [5.41, 5.74) is 0.322. The maximum absolute atomic E-state index is 13.5. The summed E-state index contributed by atoms with van der Waals surface area (Å²) in [6, 6.07) is 9.57. The number of carbonyl (C=O) groups is 3. The number of carboxylic acid groups (broad SMARTS) is 1. The molecule has 0 spiro atoms. The lowest BCUT2D eigenvalue weighted by atomic mass is 9.91. The summed E-state index contributed by atoms with van der Waals surface area (Å²) in [5.74, 6) is -1.11. The zero-order chi connectivity index (χ0) is 26.1. The van der Waals surface area contributed by atoms with Gasteiger partial charge >= 0.3 is 6.09 Å². The number of halogens is 1. The molecule has 2 aromatic rings. The molecule has 1 atom stereocenters. The highest BCUT2D eigenvalue weighted by molar-refractivity contribution is 6.35. The highest BCUT2D eigenvalue weighted by Gasteiger charge is 2.26. The van der Waals surface area contributed by atoms with Crippen molar-refractivity contribution in [3.05, 3.63) is 74.3 Å². The van der Waals surface area contributed by atoms with Gasteiger partial charge < -0.3 is 20.5 Å². The zero-order valence-corrected chi connectivity index (χ0v) is 20.2. The van der Waals surface area contributed by atoms with Crippen LogP contribution < -0.4 is 10.6 Å². The Morgan fingerprint density at radius 2 is 1.86 bits per heavy atom. The fourth-order valence-electron chi connectivity index (χ4n) is 4.00. The molecule has 2 aromatic carbocycles. The number of nitro benzene ring substituents is 1. The third-order valence-corrected chi connectivity index (χ3v) is 6.12. The number of nitrogens with one attached hydrogen (secondary N) is 2. The Labute approximate surface area is 212 Å². The Morgan fingerprint density at radius 1 is 1.14 bits per heavy atom. The number of carbonyl (C=O) groups excluding carboxylic acids is 2. The quantitative estimate of drug-likeness (QED) is 0.233. The van der Waals surface area contributed by atoms with E-state index in [-0.39, 0.29) is 21.8 Å². The van der Waals surface area contributed by atoms with Gasteiger partial charge in [0.25, 0.3) is 5.69 Å². The van der Waals surface area contributed by atoms with E-state index >= 15 is 0 Å².